The molecule has 0 aromatic rings. The van der Waals surface area contributed by atoms with E-state index in [-0.39, 0.29) is 45.7 Å². The third kappa shape index (κ3) is 35.1. The molecule has 0 bridgehead atoms. The monoisotopic (exact) mass is 794 g/mol. The fraction of sp³-hybridized carbons (Fsp3) is 0.925. The van der Waals surface area contributed by atoms with Gasteiger partial charge in [-0.05, 0) is 19.3 Å². The molecule has 0 aromatic carbocycles. The van der Waals surface area contributed by atoms with Crippen LogP contribution in [0.1, 0.15) is 94.9 Å². The minimum Gasteiger partial charge on any atom is -0.393 e. The Morgan fingerprint density at radius 2 is 1.02 bits per heavy atom. The van der Waals surface area contributed by atoms with Crippen LogP contribution >= 0.6 is 0 Å². The highest BCUT2D eigenvalue weighted by Crippen LogP contribution is 2.24. The molecule has 0 aromatic heterocycles. The Hall–Kier alpha value is -1.79. The number of Topliss-reactive ketones (excluding diaryl/α,β-unsaturated/α-hetero) is 1. The summed E-state index contributed by atoms with van der Waals surface area (Å²) in [6, 6.07) is 0. The van der Waals surface area contributed by atoms with Crippen molar-refractivity contribution in [3.05, 3.63) is 0 Å². The Morgan fingerprint density at radius 3 is 1.60 bits per heavy atom. The molecule has 1 unspecified atom stereocenters. The largest absolute Gasteiger partial charge is 0.393 e. The second-order valence-electron chi connectivity index (χ2n) is 17.6. The van der Waals surface area contributed by atoms with E-state index < -0.39 is 12.3 Å². The molecule has 15 heteroatoms. The molecule has 55 heavy (non-hydrogen) atoms. The fourth-order valence-electron chi connectivity index (χ4n) is 4.86. The standard InChI is InChI=1S/C40H79N3O12/c1-32(44)11-14-49-18-20-52-21-22-53-30-40(9,10)31-55-29-39(7,8)26-43-36(48)24-37(3,4)27-54-28-38(5,6)25-42-34(46)12-15-50-17-19-51-16-13-41-35(47)23-33(2)45/h33-34,42,45-46H,11-31H2,1-10H3,(H,41,47)(H,43,48)/t33-,34?/m1/s1. The second kappa shape index (κ2) is 29.4. The maximum absolute atomic E-state index is 12.9. The lowest BCUT2D eigenvalue weighted by Crippen LogP contribution is -2.41. The summed E-state index contributed by atoms with van der Waals surface area (Å²) in [4.78, 5) is 35.2. The van der Waals surface area contributed by atoms with Crippen molar-refractivity contribution in [3.8, 4) is 0 Å². The fourth-order valence-corrected chi connectivity index (χ4v) is 4.86. The molecule has 0 fully saturated rings. The Balaban J connectivity index is 4.09. The third-order valence-corrected chi connectivity index (χ3v) is 7.98. The first-order chi connectivity index (χ1) is 25.6. The number of aliphatic hydroxyl groups excluding tert-OH is 2. The van der Waals surface area contributed by atoms with Crippen molar-refractivity contribution in [1.29, 1.82) is 0 Å². The normalized spacial score (nSPS) is 13.8. The lowest BCUT2D eigenvalue weighted by molar-refractivity contribution is -0.125. The Labute approximate surface area is 331 Å². The van der Waals surface area contributed by atoms with Gasteiger partial charge >= 0.3 is 0 Å². The number of rotatable bonds is 37. The van der Waals surface area contributed by atoms with Crippen molar-refractivity contribution in [2.75, 3.05) is 112 Å². The molecule has 0 saturated carbocycles. The van der Waals surface area contributed by atoms with Crippen molar-refractivity contribution < 1.29 is 57.8 Å². The summed E-state index contributed by atoms with van der Waals surface area (Å²) in [5.41, 5.74) is -1.04. The molecule has 0 saturated heterocycles. The van der Waals surface area contributed by atoms with Crippen molar-refractivity contribution >= 4 is 17.6 Å². The Morgan fingerprint density at radius 1 is 0.545 bits per heavy atom. The summed E-state index contributed by atoms with van der Waals surface area (Å²) in [5, 5.41) is 28.4. The van der Waals surface area contributed by atoms with Crippen LogP contribution in [0.4, 0.5) is 0 Å². The number of ketones is 1. The number of aliphatic hydroxyl groups is 2. The second-order valence-corrected chi connectivity index (χ2v) is 17.6. The molecule has 0 heterocycles. The van der Waals surface area contributed by atoms with Gasteiger partial charge in [-0.2, -0.15) is 0 Å². The van der Waals surface area contributed by atoms with Gasteiger partial charge in [0, 0.05) is 55.1 Å². The zero-order valence-electron chi connectivity index (χ0n) is 36.0. The zero-order valence-corrected chi connectivity index (χ0v) is 36.0. The van der Waals surface area contributed by atoms with E-state index in [0.29, 0.717) is 131 Å². The van der Waals surface area contributed by atoms with Gasteiger partial charge in [0.1, 0.15) is 12.0 Å². The van der Waals surface area contributed by atoms with Crippen LogP contribution in [0.25, 0.3) is 0 Å². The number of hydrogen-bond donors (Lipinski definition) is 5. The van der Waals surface area contributed by atoms with E-state index in [1.807, 2.05) is 13.8 Å². The van der Waals surface area contributed by atoms with Crippen molar-refractivity contribution in [3.63, 3.8) is 0 Å². The average molecular weight is 794 g/mol. The van der Waals surface area contributed by atoms with Gasteiger partial charge in [0.15, 0.2) is 0 Å². The predicted molar refractivity (Wildman–Crippen MR) is 212 cm³/mol. The topological polar surface area (TPSA) is 192 Å². The van der Waals surface area contributed by atoms with Crippen molar-refractivity contribution in [2.45, 2.75) is 107 Å². The maximum Gasteiger partial charge on any atom is 0.222 e. The van der Waals surface area contributed by atoms with E-state index in [4.69, 9.17) is 33.2 Å². The first-order valence-electron chi connectivity index (χ1n) is 19.8. The molecule has 0 radical (unpaired) electrons. The summed E-state index contributed by atoms with van der Waals surface area (Å²) in [6.07, 6.45) is -0.147. The number of hydrogen-bond acceptors (Lipinski definition) is 13. The van der Waals surface area contributed by atoms with Crippen LogP contribution < -0.4 is 16.0 Å². The van der Waals surface area contributed by atoms with Crippen LogP contribution in [0.15, 0.2) is 0 Å². The van der Waals surface area contributed by atoms with Gasteiger partial charge in [0.2, 0.25) is 11.8 Å². The zero-order chi connectivity index (χ0) is 41.8. The molecule has 0 aliphatic heterocycles. The predicted octanol–water partition coefficient (Wildman–Crippen LogP) is 2.88. The van der Waals surface area contributed by atoms with E-state index in [9.17, 15) is 24.6 Å². The molecule has 5 N–H and O–H groups in total. The highest BCUT2D eigenvalue weighted by atomic mass is 16.5. The van der Waals surface area contributed by atoms with Gasteiger partial charge in [-0.1, -0.05) is 55.4 Å². The molecule has 0 aliphatic carbocycles. The maximum atomic E-state index is 12.9. The van der Waals surface area contributed by atoms with Crippen LogP contribution in [-0.4, -0.2) is 152 Å². The number of carbonyl (C=O) groups is 3. The molecule has 0 spiro atoms. The first kappa shape index (κ1) is 53.2. The minimum atomic E-state index is -0.724. The van der Waals surface area contributed by atoms with Gasteiger partial charge in [0.25, 0.3) is 0 Å². The molecule has 0 aliphatic rings. The van der Waals surface area contributed by atoms with Gasteiger partial charge in [0.05, 0.1) is 105 Å². The van der Waals surface area contributed by atoms with Crippen molar-refractivity contribution in [1.82, 2.24) is 16.0 Å². The first-order valence-corrected chi connectivity index (χ1v) is 19.8. The molecule has 326 valence electrons. The molecule has 15 nitrogen and oxygen atoms in total. The van der Waals surface area contributed by atoms with Crippen LogP contribution in [0.3, 0.4) is 0 Å². The Kier molecular flexibility index (Phi) is 28.5. The SMILES string of the molecule is CC(=O)CCOCCOCCOCC(C)(C)COCC(C)(C)CNC(=O)CC(C)(C)COCC(C)(C)CNC(O)CCOCCOCCNC(=O)C[C@@H](C)O. The summed E-state index contributed by atoms with van der Waals surface area (Å²) in [7, 11) is 0. The molecular formula is C40H79N3O12. The van der Waals surface area contributed by atoms with Crippen LogP contribution in [0, 0.1) is 21.7 Å². The minimum absolute atomic E-state index is 0.0319. The highest BCUT2D eigenvalue weighted by molar-refractivity contribution is 5.77. The van der Waals surface area contributed by atoms with Gasteiger partial charge in [-0.3, -0.25) is 19.7 Å². The summed E-state index contributed by atoms with van der Waals surface area (Å²) in [6.45, 7) is 27.2. The lowest BCUT2D eigenvalue weighted by Gasteiger charge is -2.31. The van der Waals surface area contributed by atoms with E-state index in [1.54, 1.807) is 13.8 Å². The number of amides is 2. The summed E-state index contributed by atoms with van der Waals surface area (Å²) in [5.74, 6) is -0.130. The third-order valence-electron chi connectivity index (χ3n) is 7.98. The van der Waals surface area contributed by atoms with Gasteiger partial charge in [-0.15, -0.1) is 0 Å². The molecule has 2 atom stereocenters. The molecule has 0 rings (SSSR count). The summed E-state index contributed by atoms with van der Waals surface area (Å²) < 4.78 is 39.7. The highest BCUT2D eigenvalue weighted by Gasteiger charge is 2.28. The van der Waals surface area contributed by atoms with Crippen LogP contribution in [0.5, 0.6) is 0 Å². The van der Waals surface area contributed by atoms with E-state index in [1.165, 1.54) is 0 Å². The smallest absolute Gasteiger partial charge is 0.222 e. The van der Waals surface area contributed by atoms with Crippen LogP contribution in [0.2, 0.25) is 0 Å². The van der Waals surface area contributed by atoms with Gasteiger partial charge in [-0.25, -0.2) is 0 Å². The van der Waals surface area contributed by atoms with E-state index in [0.717, 1.165) is 0 Å². The number of ether oxygens (including phenoxy) is 7. The number of nitrogens with one attached hydrogen (secondary N) is 3. The van der Waals surface area contributed by atoms with Crippen molar-refractivity contribution in [2.24, 2.45) is 21.7 Å². The van der Waals surface area contributed by atoms with E-state index in [2.05, 4.69) is 57.5 Å². The summed E-state index contributed by atoms with van der Waals surface area (Å²) >= 11 is 0. The van der Waals surface area contributed by atoms with Crippen LogP contribution in [-0.2, 0) is 47.5 Å². The van der Waals surface area contributed by atoms with E-state index >= 15 is 0 Å². The lowest BCUT2D eigenvalue weighted by atomic mass is 9.89. The average Bonchev–Trinajstić information content (AvgIpc) is 3.05. The molecule has 2 amide bonds. The Bertz CT molecular complexity index is 1020. The number of carbonyl (C=O) groups excluding carboxylic acids is 3. The molecular weight excluding hydrogens is 714 g/mol. The quantitative estimate of drug-likeness (QED) is 0.0456. The van der Waals surface area contributed by atoms with Gasteiger partial charge < -0.3 is 54.0 Å².